The van der Waals surface area contributed by atoms with Crippen LogP contribution in [-0.2, 0) is 31.3 Å². The van der Waals surface area contributed by atoms with Crippen LogP contribution in [0.4, 0.5) is 5.69 Å². The first-order chi connectivity index (χ1) is 10.7. The van der Waals surface area contributed by atoms with Gasteiger partial charge >= 0.3 is 10.2 Å². The van der Waals surface area contributed by atoms with E-state index in [2.05, 4.69) is 0 Å². The molecule has 0 radical (unpaired) electrons. The molecule has 0 bridgehead atoms. The summed E-state index contributed by atoms with van der Waals surface area (Å²) >= 11 is 0. The van der Waals surface area contributed by atoms with Gasteiger partial charge in [0, 0.05) is 0 Å². The molecule has 1 aromatic rings. The van der Waals surface area contributed by atoms with Crippen molar-refractivity contribution in [1.82, 2.24) is 4.72 Å². The normalized spacial score (nSPS) is 25.5. The molecule has 2 aliphatic rings. The Morgan fingerprint density at radius 2 is 2.00 bits per heavy atom. The average molecular weight is 360 g/mol. The van der Waals surface area contributed by atoms with Crippen molar-refractivity contribution in [2.75, 3.05) is 16.6 Å². The molecule has 0 aliphatic carbocycles. The van der Waals surface area contributed by atoms with E-state index in [0.29, 0.717) is 18.4 Å². The number of rotatable bonds is 3. The molecule has 1 atom stereocenters. The number of nitrogens with zero attached hydrogens (tertiary/aromatic N) is 1. The number of hydrogen-bond acceptors (Lipinski definition) is 6. The lowest BCUT2D eigenvalue weighted by Gasteiger charge is -2.17. The number of hydrogen-bond donors (Lipinski definition) is 2. The zero-order chi connectivity index (χ0) is 16.8. The molecule has 1 amide bonds. The van der Waals surface area contributed by atoms with Gasteiger partial charge in [0.1, 0.15) is 12.3 Å². The molecule has 2 aliphatic heterocycles. The first-order valence-corrected chi connectivity index (χ1v) is 10.2. The third kappa shape index (κ3) is 3.00. The Hall–Kier alpha value is -1.81. The fourth-order valence-electron chi connectivity index (χ4n) is 2.92. The number of carbonyl (C=O) groups excluding carboxylic acids is 1. The molecule has 8 nitrogen and oxygen atoms in total. The van der Waals surface area contributed by atoms with Crippen molar-refractivity contribution in [3.05, 3.63) is 23.8 Å². The fraction of sp³-hybridized carbons (Fsp3) is 0.462. The van der Waals surface area contributed by atoms with Crippen molar-refractivity contribution in [3.63, 3.8) is 0 Å². The predicted molar refractivity (Wildman–Crippen MR) is 83.0 cm³/mol. The summed E-state index contributed by atoms with van der Waals surface area (Å²) in [6.45, 7) is -0.397. The number of phenols is 1. The Bertz CT molecular complexity index is 862. The smallest absolute Gasteiger partial charge is 0.326 e. The molecule has 1 aromatic carbocycles. The van der Waals surface area contributed by atoms with Crippen LogP contribution in [0.2, 0.25) is 0 Å². The van der Waals surface area contributed by atoms with E-state index in [4.69, 9.17) is 0 Å². The molecular formula is C13H16N2O6S2. The standard InChI is InChI=1S/C13H16N2O6S2/c16-12-7-9(6-10-2-1-5-22(10,18)19)3-4-11(12)15-8-13(17)14-23(15,20)21/h3-4,7,10,16H,1-2,5-6,8H2,(H,14,17). The van der Waals surface area contributed by atoms with E-state index in [-0.39, 0.29) is 23.6 Å². The van der Waals surface area contributed by atoms with Gasteiger partial charge < -0.3 is 5.11 Å². The summed E-state index contributed by atoms with van der Waals surface area (Å²) in [4.78, 5) is 11.2. The van der Waals surface area contributed by atoms with Gasteiger partial charge in [-0.2, -0.15) is 8.42 Å². The molecule has 23 heavy (non-hydrogen) atoms. The summed E-state index contributed by atoms with van der Waals surface area (Å²) in [5, 5.41) is 9.61. The molecule has 126 valence electrons. The third-order valence-electron chi connectivity index (χ3n) is 4.05. The van der Waals surface area contributed by atoms with Crippen molar-refractivity contribution in [1.29, 1.82) is 0 Å². The van der Waals surface area contributed by atoms with Crippen LogP contribution >= 0.6 is 0 Å². The molecule has 1 unspecified atom stereocenters. The topological polar surface area (TPSA) is 121 Å². The Morgan fingerprint density at radius 1 is 1.26 bits per heavy atom. The largest absolute Gasteiger partial charge is 0.506 e. The van der Waals surface area contributed by atoms with Gasteiger partial charge in [0.15, 0.2) is 9.84 Å². The number of anilines is 1. The zero-order valence-corrected chi connectivity index (χ0v) is 13.7. The number of nitrogens with one attached hydrogen (secondary N) is 1. The number of benzene rings is 1. The van der Waals surface area contributed by atoms with Crippen molar-refractivity contribution >= 4 is 31.6 Å². The molecule has 2 N–H and O–H groups in total. The van der Waals surface area contributed by atoms with E-state index in [1.54, 1.807) is 6.07 Å². The van der Waals surface area contributed by atoms with Crippen molar-refractivity contribution in [2.24, 2.45) is 0 Å². The maximum absolute atomic E-state index is 11.9. The zero-order valence-electron chi connectivity index (χ0n) is 12.1. The van der Waals surface area contributed by atoms with E-state index in [9.17, 15) is 26.7 Å². The molecule has 10 heteroatoms. The van der Waals surface area contributed by atoms with Crippen LogP contribution in [0.3, 0.4) is 0 Å². The SMILES string of the molecule is O=C1CN(c2ccc(CC3CCCS3(=O)=O)cc2O)S(=O)(=O)N1. The maximum atomic E-state index is 11.9. The van der Waals surface area contributed by atoms with Crippen molar-refractivity contribution in [2.45, 2.75) is 24.5 Å². The minimum absolute atomic E-state index is 0.0126. The summed E-state index contributed by atoms with van der Waals surface area (Å²) in [6.07, 6.45) is 1.50. The van der Waals surface area contributed by atoms with Gasteiger partial charge in [-0.25, -0.2) is 17.4 Å². The highest BCUT2D eigenvalue weighted by atomic mass is 32.2. The summed E-state index contributed by atoms with van der Waals surface area (Å²) in [5.74, 6) is -0.801. The van der Waals surface area contributed by atoms with E-state index in [1.165, 1.54) is 12.1 Å². The molecular weight excluding hydrogens is 344 g/mol. The van der Waals surface area contributed by atoms with Crippen LogP contribution in [0, 0.1) is 0 Å². The molecule has 0 saturated carbocycles. The lowest BCUT2D eigenvalue weighted by atomic mass is 10.1. The van der Waals surface area contributed by atoms with E-state index < -0.39 is 37.7 Å². The van der Waals surface area contributed by atoms with Crippen LogP contribution in [0.15, 0.2) is 18.2 Å². The van der Waals surface area contributed by atoms with Gasteiger partial charge in [-0.1, -0.05) is 6.07 Å². The average Bonchev–Trinajstić information content (AvgIpc) is 2.88. The van der Waals surface area contributed by atoms with E-state index >= 15 is 0 Å². The summed E-state index contributed by atoms with van der Waals surface area (Å²) in [7, 11) is -7.08. The predicted octanol–water partition coefficient (Wildman–Crippen LogP) is -0.307. The quantitative estimate of drug-likeness (QED) is 0.763. The molecule has 0 spiro atoms. The highest BCUT2D eigenvalue weighted by molar-refractivity contribution is 7.92. The fourth-order valence-corrected chi connectivity index (χ4v) is 5.96. The molecule has 3 rings (SSSR count). The number of sulfone groups is 1. The Balaban J connectivity index is 1.86. The van der Waals surface area contributed by atoms with Gasteiger partial charge in [-0.05, 0) is 37.0 Å². The Morgan fingerprint density at radius 3 is 2.52 bits per heavy atom. The minimum Gasteiger partial charge on any atom is -0.506 e. The summed E-state index contributed by atoms with van der Waals surface area (Å²) in [6, 6.07) is 4.30. The van der Waals surface area contributed by atoms with Gasteiger partial charge in [0.05, 0.1) is 16.7 Å². The molecule has 2 saturated heterocycles. The number of carbonyl (C=O) groups is 1. The van der Waals surface area contributed by atoms with Crippen molar-refractivity contribution < 1.29 is 26.7 Å². The number of phenolic OH excluding ortho intramolecular Hbond substituents is 1. The Kier molecular flexibility index (Phi) is 3.75. The third-order valence-corrected chi connectivity index (χ3v) is 7.72. The Labute approximate surface area is 134 Å². The molecule has 2 heterocycles. The number of aromatic hydroxyl groups is 1. The number of amides is 1. The molecule has 0 aromatic heterocycles. The summed E-state index contributed by atoms with van der Waals surface area (Å²) < 4.78 is 49.9. The van der Waals surface area contributed by atoms with Crippen LogP contribution < -0.4 is 9.03 Å². The highest BCUT2D eigenvalue weighted by Crippen LogP contribution is 2.33. The second-order valence-electron chi connectivity index (χ2n) is 5.70. The second-order valence-corrected chi connectivity index (χ2v) is 9.69. The molecule has 2 fully saturated rings. The van der Waals surface area contributed by atoms with E-state index in [0.717, 1.165) is 4.31 Å². The van der Waals surface area contributed by atoms with Gasteiger partial charge in [0.2, 0.25) is 0 Å². The van der Waals surface area contributed by atoms with Crippen LogP contribution in [-0.4, -0.2) is 45.4 Å². The lowest BCUT2D eigenvalue weighted by Crippen LogP contribution is -2.29. The lowest BCUT2D eigenvalue weighted by molar-refractivity contribution is -0.117. The van der Waals surface area contributed by atoms with Gasteiger partial charge in [-0.15, -0.1) is 0 Å². The van der Waals surface area contributed by atoms with Crippen LogP contribution in [0.25, 0.3) is 0 Å². The monoisotopic (exact) mass is 360 g/mol. The van der Waals surface area contributed by atoms with Gasteiger partial charge in [-0.3, -0.25) is 4.79 Å². The second kappa shape index (κ2) is 5.38. The van der Waals surface area contributed by atoms with Gasteiger partial charge in [0.25, 0.3) is 5.91 Å². The van der Waals surface area contributed by atoms with E-state index in [1.807, 2.05) is 4.72 Å². The summed E-state index contributed by atoms with van der Waals surface area (Å²) in [5.41, 5.74) is 0.596. The van der Waals surface area contributed by atoms with Crippen LogP contribution in [0.5, 0.6) is 5.75 Å². The van der Waals surface area contributed by atoms with Crippen LogP contribution in [0.1, 0.15) is 18.4 Å². The first-order valence-electron chi connectivity index (χ1n) is 7.06. The van der Waals surface area contributed by atoms with Crippen molar-refractivity contribution in [3.8, 4) is 5.75 Å². The maximum Gasteiger partial charge on any atom is 0.326 e. The minimum atomic E-state index is -3.99. The highest BCUT2D eigenvalue weighted by Gasteiger charge is 2.36. The first kappa shape index (κ1) is 16.1.